The Morgan fingerprint density at radius 3 is 2.52 bits per heavy atom. The average molecular weight is 381 g/mol. The van der Waals surface area contributed by atoms with Gasteiger partial charge in [0.2, 0.25) is 11.8 Å². The molecular formula is C16H17ClN4O3S. The molecule has 0 aliphatic rings. The number of furan rings is 1. The van der Waals surface area contributed by atoms with Gasteiger partial charge in [-0.05, 0) is 36.5 Å². The van der Waals surface area contributed by atoms with Crippen LogP contribution >= 0.6 is 23.8 Å². The molecule has 2 aromatic rings. The van der Waals surface area contributed by atoms with Crippen molar-refractivity contribution in [1.82, 2.24) is 16.2 Å². The van der Waals surface area contributed by atoms with Gasteiger partial charge < -0.3 is 15.1 Å². The fraction of sp³-hybridized carbons (Fsp3) is 0.188. The number of thiocarbonyl (C=S) groups is 1. The molecule has 0 aliphatic heterocycles. The summed E-state index contributed by atoms with van der Waals surface area (Å²) < 4.78 is 5.14. The van der Waals surface area contributed by atoms with E-state index in [9.17, 15) is 9.59 Å². The minimum absolute atomic E-state index is 0.00405. The van der Waals surface area contributed by atoms with Gasteiger partial charge in [0.05, 0.1) is 23.5 Å². The number of hydrazine groups is 1. The molecule has 0 fully saturated rings. The Bertz CT molecular complexity index is 737. The quantitative estimate of drug-likeness (QED) is 0.454. The van der Waals surface area contributed by atoms with E-state index in [2.05, 4.69) is 21.5 Å². The van der Waals surface area contributed by atoms with Gasteiger partial charge in [-0.25, -0.2) is 0 Å². The molecule has 4 N–H and O–H groups in total. The third-order valence-electron chi connectivity index (χ3n) is 3.05. The average Bonchev–Trinajstić information content (AvgIpc) is 3.12. The molecule has 9 heteroatoms. The van der Waals surface area contributed by atoms with Gasteiger partial charge in [-0.1, -0.05) is 23.7 Å². The van der Waals surface area contributed by atoms with Gasteiger partial charge in [-0.15, -0.1) is 0 Å². The largest absolute Gasteiger partial charge is 0.467 e. The molecule has 0 atom stereocenters. The number of amides is 2. The topological polar surface area (TPSA) is 95.4 Å². The van der Waals surface area contributed by atoms with E-state index >= 15 is 0 Å². The summed E-state index contributed by atoms with van der Waals surface area (Å²) in [7, 11) is 0. The fourth-order valence-corrected chi connectivity index (χ4v) is 2.12. The molecule has 2 amide bonds. The summed E-state index contributed by atoms with van der Waals surface area (Å²) in [5, 5.41) is 6.19. The first kappa shape index (κ1) is 18.8. The molecule has 2 rings (SSSR count). The van der Waals surface area contributed by atoms with Crippen LogP contribution in [-0.2, 0) is 16.1 Å². The lowest BCUT2D eigenvalue weighted by Gasteiger charge is -2.11. The Morgan fingerprint density at radius 1 is 1.04 bits per heavy atom. The lowest BCUT2D eigenvalue weighted by atomic mass is 10.2. The molecule has 0 saturated carbocycles. The highest BCUT2D eigenvalue weighted by Crippen LogP contribution is 2.20. The molecule has 1 aromatic carbocycles. The Balaban J connectivity index is 1.62. The van der Waals surface area contributed by atoms with E-state index in [0.29, 0.717) is 23.0 Å². The molecule has 25 heavy (non-hydrogen) atoms. The van der Waals surface area contributed by atoms with Gasteiger partial charge in [-0.2, -0.15) is 0 Å². The molecule has 0 bridgehead atoms. The maximum Gasteiger partial charge on any atom is 0.238 e. The molecule has 0 unspecified atom stereocenters. The molecule has 0 radical (unpaired) electrons. The number of nitrogens with one attached hydrogen (secondary N) is 4. The Morgan fingerprint density at radius 2 is 1.80 bits per heavy atom. The Hall–Kier alpha value is -2.58. The molecule has 0 saturated heterocycles. The first-order valence-electron chi connectivity index (χ1n) is 7.44. The van der Waals surface area contributed by atoms with Crippen molar-refractivity contribution in [2.75, 3.05) is 5.32 Å². The van der Waals surface area contributed by atoms with Gasteiger partial charge in [0.1, 0.15) is 5.76 Å². The highest BCUT2D eigenvalue weighted by atomic mass is 35.5. The molecular weight excluding hydrogens is 364 g/mol. The SMILES string of the molecule is O=C(CCC(=O)Nc1ccccc1Cl)NNC(=S)NCc1ccco1. The van der Waals surface area contributed by atoms with Crippen molar-refractivity contribution >= 4 is 46.4 Å². The maximum atomic E-state index is 11.8. The summed E-state index contributed by atoms with van der Waals surface area (Å²) in [5.41, 5.74) is 5.48. The number of carbonyl (C=O) groups excluding carboxylic acids is 2. The van der Waals surface area contributed by atoms with Crippen LogP contribution in [0.3, 0.4) is 0 Å². The second-order valence-corrected chi connectivity index (χ2v) is 5.78. The third-order valence-corrected chi connectivity index (χ3v) is 3.62. The normalized spacial score (nSPS) is 9.96. The number of anilines is 1. The molecule has 1 aromatic heterocycles. The van der Waals surface area contributed by atoms with Crippen LogP contribution in [0, 0.1) is 0 Å². The number of para-hydroxylation sites is 1. The lowest BCUT2D eigenvalue weighted by Crippen LogP contribution is -2.46. The van der Waals surface area contributed by atoms with Crippen molar-refractivity contribution in [2.45, 2.75) is 19.4 Å². The summed E-state index contributed by atoms with van der Waals surface area (Å²) >= 11 is 11.0. The lowest BCUT2D eigenvalue weighted by molar-refractivity contribution is -0.124. The second-order valence-electron chi connectivity index (χ2n) is 4.96. The second kappa shape index (κ2) is 9.65. The van der Waals surface area contributed by atoms with E-state index in [1.54, 1.807) is 42.7 Å². The Labute approximate surface area is 155 Å². The summed E-state index contributed by atoms with van der Waals surface area (Å²) in [6.45, 7) is 0.398. The zero-order valence-corrected chi connectivity index (χ0v) is 14.7. The number of carbonyl (C=O) groups is 2. The van der Waals surface area contributed by atoms with Crippen LogP contribution in [0.15, 0.2) is 47.1 Å². The minimum Gasteiger partial charge on any atom is -0.467 e. The summed E-state index contributed by atoms with van der Waals surface area (Å²) in [6.07, 6.45) is 1.58. The molecule has 0 spiro atoms. The summed E-state index contributed by atoms with van der Waals surface area (Å²) in [6, 6.07) is 10.4. The van der Waals surface area contributed by atoms with Crippen molar-refractivity contribution in [3.05, 3.63) is 53.4 Å². The van der Waals surface area contributed by atoms with E-state index in [-0.39, 0.29) is 29.8 Å². The first-order valence-corrected chi connectivity index (χ1v) is 8.22. The molecule has 1 heterocycles. The van der Waals surface area contributed by atoms with Crippen LogP contribution in [0.25, 0.3) is 0 Å². The van der Waals surface area contributed by atoms with Crippen LogP contribution < -0.4 is 21.5 Å². The third kappa shape index (κ3) is 6.82. The van der Waals surface area contributed by atoms with E-state index in [4.69, 9.17) is 28.2 Å². The van der Waals surface area contributed by atoms with Crippen molar-refractivity contribution in [2.24, 2.45) is 0 Å². The zero-order valence-electron chi connectivity index (χ0n) is 13.2. The standard InChI is InChI=1S/C16H17ClN4O3S/c17-12-5-1-2-6-13(12)19-14(22)7-8-15(23)20-21-16(25)18-10-11-4-3-9-24-11/h1-6,9H,7-8,10H2,(H,19,22)(H,20,23)(H2,18,21,25). The summed E-state index contributed by atoms with van der Waals surface area (Å²) in [5.74, 6) is 0.0462. The van der Waals surface area contributed by atoms with Crippen LogP contribution in [0.5, 0.6) is 0 Å². The predicted molar refractivity (Wildman–Crippen MR) is 98.7 cm³/mol. The van der Waals surface area contributed by atoms with E-state index in [1.165, 1.54) is 0 Å². The maximum absolute atomic E-state index is 11.8. The van der Waals surface area contributed by atoms with Crippen LogP contribution in [0.4, 0.5) is 5.69 Å². The van der Waals surface area contributed by atoms with Crippen molar-refractivity contribution in [3.63, 3.8) is 0 Å². The molecule has 7 nitrogen and oxygen atoms in total. The van der Waals surface area contributed by atoms with Crippen molar-refractivity contribution in [3.8, 4) is 0 Å². The molecule has 0 aliphatic carbocycles. The fourth-order valence-electron chi connectivity index (χ4n) is 1.82. The van der Waals surface area contributed by atoms with Gasteiger partial charge >= 0.3 is 0 Å². The van der Waals surface area contributed by atoms with Crippen molar-refractivity contribution < 1.29 is 14.0 Å². The predicted octanol–water partition coefficient (Wildman–Crippen LogP) is 2.35. The number of rotatable bonds is 6. The van der Waals surface area contributed by atoms with Crippen molar-refractivity contribution in [1.29, 1.82) is 0 Å². The minimum atomic E-state index is -0.364. The monoisotopic (exact) mass is 380 g/mol. The van der Waals surface area contributed by atoms with Crippen LogP contribution in [0.1, 0.15) is 18.6 Å². The van der Waals surface area contributed by atoms with Gasteiger partial charge in [0.25, 0.3) is 0 Å². The first-order chi connectivity index (χ1) is 12.0. The van der Waals surface area contributed by atoms with E-state index in [0.717, 1.165) is 0 Å². The highest BCUT2D eigenvalue weighted by molar-refractivity contribution is 7.80. The van der Waals surface area contributed by atoms with Gasteiger partial charge in [0.15, 0.2) is 5.11 Å². The van der Waals surface area contributed by atoms with E-state index < -0.39 is 0 Å². The van der Waals surface area contributed by atoms with Gasteiger partial charge in [-0.3, -0.25) is 20.4 Å². The van der Waals surface area contributed by atoms with Gasteiger partial charge in [0, 0.05) is 12.8 Å². The van der Waals surface area contributed by atoms with Crippen LogP contribution in [0.2, 0.25) is 5.02 Å². The number of benzene rings is 1. The highest BCUT2D eigenvalue weighted by Gasteiger charge is 2.09. The van der Waals surface area contributed by atoms with Crippen LogP contribution in [-0.4, -0.2) is 16.9 Å². The number of halogens is 1. The zero-order chi connectivity index (χ0) is 18.1. The summed E-state index contributed by atoms with van der Waals surface area (Å²) in [4.78, 5) is 23.5. The molecule has 132 valence electrons. The number of hydrogen-bond donors (Lipinski definition) is 4. The number of hydrogen-bond acceptors (Lipinski definition) is 4. The smallest absolute Gasteiger partial charge is 0.238 e. The Kier molecular flexibility index (Phi) is 7.24. The van der Waals surface area contributed by atoms with E-state index in [1.807, 2.05) is 0 Å².